The van der Waals surface area contributed by atoms with E-state index in [0.29, 0.717) is 37.9 Å². The summed E-state index contributed by atoms with van der Waals surface area (Å²) in [5.74, 6) is 2.88. The summed E-state index contributed by atoms with van der Waals surface area (Å²) in [6.07, 6.45) is 0.422. The van der Waals surface area contributed by atoms with Crippen LogP contribution < -0.4 is 4.74 Å². The van der Waals surface area contributed by atoms with E-state index in [4.69, 9.17) is 13.9 Å². The highest BCUT2D eigenvalue weighted by Gasteiger charge is 2.35. The van der Waals surface area contributed by atoms with E-state index in [1.54, 1.807) is 0 Å². The molecule has 6 heteroatoms. The molecule has 4 rings (SSSR count). The Labute approximate surface area is 201 Å². The molecule has 0 saturated carbocycles. The summed E-state index contributed by atoms with van der Waals surface area (Å²) >= 11 is 0. The van der Waals surface area contributed by atoms with Gasteiger partial charge in [0.1, 0.15) is 17.1 Å². The zero-order valence-electron chi connectivity index (χ0n) is 20.7. The molecule has 1 amide bonds. The lowest BCUT2D eigenvalue weighted by molar-refractivity contribution is 0.0287. The third-order valence-corrected chi connectivity index (χ3v) is 6.07. The Balaban J connectivity index is 1.35. The molecule has 1 aromatic heterocycles. The summed E-state index contributed by atoms with van der Waals surface area (Å²) in [4.78, 5) is 19.0. The van der Waals surface area contributed by atoms with Crippen molar-refractivity contribution in [2.75, 3.05) is 19.7 Å². The highest BCUT2D eigenvalue weighted by atomic mass is 16.6. The van der Waals surface area contributed by atoms with Gasteiger partial charge in [0.15, 0.2) is 0 Å². The van der Waals surface area contributed by atoms with Crippen LogP contribution in [-0.4, -0.2) is 41.3 Å². The van der Waals surface area contributed by atoms with Crippen LogP contribution in [0.2, 0.25) is 0 Å². The highest BCUT2D eigenvalue weighted by Crippen LogP contribution is 2.34. The Kier molecular flexibility index (Phi) is 6.96. The van der Waals surface area contributed by atoms with Gasteiger partial charge in [0.2, 0.25) is 5.89 Å². The summed E-state index contributed by atoms with van der Waals surface area (Å²) in [6, 6.07) is 18.1. The molecule has 0 radical (unpaired) electrons. The maximum atomic E-state index is 12.5. The monoisotopic (exact) mass is 462 g/mol. The Morgan fingerprint density at radius 2 is 1.88 bits per heavy atom. The number of carbonyl (C=O) groups is 1. The summed E-state index contributed by atoms with van der Waals surface area (Å²) in [5.41, 5.74) is 2.57. The number of ether oxygens (including phenoxy) is 2. The zero-order valence-corrected chi connectivity index (χ0v) is 20.7. The fraction of sp³-hybridized carbons (Fsp3) is 0.429. The van der Waals surface area contributed by atoms with Crippen molar-refractivity contribution in [1.82, 2.24) is 9.88 Å². The SMILES string of the molecule is Cc1oc(-c2ccccc2)nc1CCOc1cccc([C@@H]2CN(C(=O)OC(C)(C)C)C[C@H]2C)c1. The second-order valence-corrected chi connectivity index (χ2v) is 10.0. The number of hydrogen-bond donors (Lipinski definition) is 0. The maximum absolute atomic E-state index is 12.5. The second kappa shape index (κ2) is 9.92. The van der Waals surface area contributed by atoms with Gasteiger partial charge in [-0.3, -0.25) is 0 Å². The number of likely N-dealkylation sites (tertiary alicyclic amines) is 1. The van der Waals surface area contributed by atoms with Crippen molar-refractivity contribution in [2.45, 2.75) is 52.6 Å². The van der Waals surface area contributed by atoms with Crippen LogP contribution >= 0.6 is 0 Å². The molecule has 3 aromatic rings. The predicted octanol–water partition coefficient (Wildman–Crippen LogP) is 6.24. The van der Waals surface area contributed by atoms with E-state index < -0.39 is 5.60 Å². The van der Waals surface area contributed by atoms with E-state index in [-0.39, 0.29) is 12.0 Å². The summed E-state index contributed by atoms with van der Waals surface area (Å²) in [7, 11) is 0. The smallest absolute Gasteiger partial charge is 0.410 e. The van der Waals surface area contributed by atoms with Crippen molar-refractivity contribution in [3.63, 3.8) is 0 Å². The van der Waals surface area contributed by atoms with Crippen molar-refractivity contribution in [3.8, 4) is 17.2 Å². The van der Waals surface area contributed by atoms with Crippen LogP contribution in [0.5, 0.6) is 5.75 Å². The molecule has 2 atom stereocenters. The first-order valence-corrected chi connectivity index (χ1v) is 11.9. The predicted molar refractivity (Wildman–Crippen MR) is 132 cm³/mol. The van der Waals surface area contributed by atoms with E-state index in [1.807, 2.05) is 75.1 Å². The number of benzene rings is 2. The molecule has 0 spiro atoms. The van der Waals surface area contributed by atoms with Gasteiger partial charge in [-0.15, -0.1) is 0 Å². The first kappa shape index (κ1) is 23.9. The zero-order chi connectivity index (χ0) is 24.3. The molecule has 34 heavy (non-hydrogen) atoms. The number of rotatable bonds is 6. The van der Waals surface area contributed by atoms with Crippen molar-refractivity contribution < 1.29 is 18.7 Å². The van der Waals surface area contributed by atoms with Crippen molar-refractivity contribution in [1.29, 1.82) is 0 Å². The first-order chi connectivity index (χ1) is 16.2. The topological polar surface area (TPSA) is 64.8 Å². The van der Waals surface area contributed by atoms with Crippen LogP contribution in [0.4, 0.5) is 4.79 Å². The van der Waals surface area contributed by atoms with Gasteiger partial charge in [0.05, 0.1) is 12.3 Å². The van der Waals surface area contributed by atoms with Crippen LogP contribution in [0.25, 0.3) is 11.5 Å². The van der Waals surface area contributed by atoms with Gasteiger partial charge in [-0.25, -0.2) is 9.78 Å². The lowest BCUT2D eigenvalue weighted by Gasteiger charge is -2.24. The Hall–Kier alpha value is -3.28. The molecule has 1 aliphatic heterocycles. The van der Waals surface area contributed by atoms with Gasteiger partial charge >= 0.3 is 6.09 Å². The number of oxazole rings is 1. The minimum absolute atomic E-state index is 0.243. The second-order valence-electron chi connectivity index (χ2n) is 10.0. The highest BCUT2D eigenvalue weighted by molar-refractivity contribution is 5.68. The van der Waals surface area contributed by atoms with Gasteiger partial charge in [-0.05, 0) is 63.4 Å². The average Bonchev–Trinajstić information content (AvgIpc) is 3.36. The minimum Gasteiger partial charge on any atom is -0.493 e. The standard InChI is InChI=1S/C28H34N2O4/c1-19-17-30(27(31)34-28(3,4)5)18-24(19)22-12-9-13-23(16-22)32-15-14-25-20(2)33-26(29-25)21-10-7-6-8-11-21/h6-13,16,19,24H,14-15,17-18H2,1-5H3/t19-,24-/m1/s1. The van der Waals surface area contributed by atoms with Crippen molar-refractivity contribution in [2.24, 2.45) is 5.92 Å². The van der Waals surface area contributed by atoms with Crippen molar-refractivity contribution in [3.05, 3.63) is 71.6 Å². The molecular weight excluding hydrogens is 428 g/mol. The fourth-order valence-electron chi connectivity index (χ4n) is 4.34. The van der Waals surface area contributed by atoms with Gasteiger partial charge in [0.25, 0.3) is 0 Å². The van der Waals surface area contributed by atoms with E-state index in [1.165, 1.54) is 5.56 Å². The number of aryl methyl sites for hydroxylation is 1. The van der Waals surface area contributed by atoms with Gasteiger partial charge in [0, 0.05) is 31.0 Å². The molecule has 6 nitrogen and oxygen atoms in total. The van der Waals surface area contributed by atoms with Crippen LogP contribution in [0, 0.1) is 12.8 Å². The van der Waals surface area contributed by atoms with E-state index in [9.17, 15) is 4.79 Å². The fourth-order valence-corrected chi connectivity index (χ4v) is 4.34. The van der Waals surface area contributed by atoms with E-state index >= 15 is 0 Å². The first-order valence-electron chi connectivity index (χ1n) is 11.9. The molecule has 0 unspecified atom stereocenters. The average molecular weight is 463 g/mol. The molecule has 1 saturated heterocycles. The third-order valence-electron chi connectivity index (χ3n) is 6.07. The number of amides is 1. The number of carbonyl (C=O) groups excluding carboxylic acids is 1. The van der Waals surface area contributed by atoms with Crippen LogP contribution in [0.1, 0.15) is 50.6 Å². The van der Waals surface area contributed by atoms with Gasteiger partial charge in [-0.2, -0.15) is 0 Å². The Morgan fingerprint density at radius 1 is 1.12 bits per heavy atom. The largest absolute Gasteiger partial charge is 0.493 e. The van der Waals surface area contributed by atoms with Gasteiger partial charge in [-0.1, -0.05) is 37.3 Å². The van der Waals surface area contributed by atoms with Crippen molar-refractivity contribution >= 4 is 6.09 Å². The van der Waals surface area contributed by atoms with Crippen LogP contribution in [-0.2, 0) is 11.2 Å². The maximum Gasteiger partial charge on any atom is 0.410 e. The molecule has 0 aliphatic carbocycles. The van der Waals surface area contributed by atoms with E-state index in [0.717, 1.165) is 22.8 Å². The molecule has 0 bridgehead atoms. The van der Waals surface area contributed by atoms with Gasteiger partial charge < -0.3 is 18.8 Å². The minimum atomic E-state index is -0.490. The molecule has 0 N–H and O–H groups in total. The summed E-state index contributed by atoms with van der Waals surface area (Å²) < 4.78 is 17.5. The Bertz CT molecular complexity index is 1120. The molecule has 1 aliphatic rings. The van der Waals surface area contributed by atoms with Crippen LogP contribution in [0.15, 0.2) is 59.0 Å². The summed E-state index contributed by atoms with van der Waals surface area (Å²) in [6.45, 7) is 11.7. The number of hydrogen-bond acceptors (Lipinski definition) is 5. The molecular formula is C28H34N2O4. The Morgan fingerprint density at radius 3 is 2.62 bits per heavy atom. The number of nitrogens with zero attached hydrogens (tertiary/aromatic N) is 2. The lowest BCUT2D eigenvalue weighted by Crippen LogP contribution is -2.35. The normalized spacial score (nSPS) is 18.2. The lowest BCUT2D eigenvalue weighted by atomic mass is 9.90. The molecule has 180 valence electrons. The quantitative estimate of drug-likeness (QED) is 0.434. The molecule has 2 aromatic carbocycles. The molecule has 2 heterocycles. The van der Waals surface area contributed by atoms with E-state index in [2.05, 4.69) is 24.0 Å². The van der Waals surface area contributed by atoms with Crippen LogP contribution in [0.3, 0.4) is 0 Å². The third kappa shape index (κ3) is 5.79. The molecule has 1 fully saturated rings. The summed E-state index contributed by atoms with van der Waals surface area (Å²) in [5, 5.41) is 0. The number of aromatic nitrogens is 1.